The van der Waals surface area contributed by atoms with Gasteiger partial charge in [-0.25, -0.2) is 8.42 Å². The topological polar surface area (TPSA) is 93.6 Å². The lowest BCUT2D eigenvalue weighted by molar-refractivity contribution is -0.0345. The van der Waals surface area contributed by atoms with E-state index in [1.54, 1.807) is 35.7 Å². The van der Waals surface area contributed by atoms with Gasteiger partial charge in [0.05, 0.1) is 37.0 Å². The Hall–Kier alpha value is -1.53. The van der Waals surface area contributed by atoms with Crippen LogP contribution in [0.2, 0.25) is 0 Å². The summed E-state index contributed by atoms with van der Waals surface area (Å²) >= 11 is 1.25. The van der Waals surface area contributed by atoms with E-state index in [9.17, 15) is 18.6 Å². The fourth-order valence-electron chi connectivity index (χ4n) is 5.43. The molecule has 186 valence electrons. The highest BCUT2D eigenvalue weighted by molar-refractivity contribution is 7.91. The van der Waals surface area contributed by atoms with Crippen molar-refractivity contribution in [2.75, 3.05) is 44.3 Å². The monoisotopic (exact) mass is 507 g/mol. The summed E-state index contributed by atoms with van der Waals surface area (Å²) in [6.45, 7) is 6.62. The van der Waals surface area contributed by atoms with Crippen LogP contribution in [0.3, 0.4) is 0 Å². The number of rotatable bonds is 6. The molecule has 0 radical (unpaired) electrons. The van der Waals surface area contributed by atoms with E-state index in [0.29, 0.717) is 50.0 Å². The molecule has 3 fully saturated rings. The van der Waals surface area contributed by atoms with Gasteiger partial charge in [-0.15, -0.1) is 11.3 Å². The Labute approximate surface area is 205 Å². The molecule has 0 saturated carbocycles. The van der Waals surface area contributed by atoms with Gasteiger partial charge >= 0.3 is 0 Å². The molecule has 2 N–H and O–H groups in total. The Morgan fingerprint density at radius 2 is 1.91 bits per heavy atom. The summed E-state index contributed by atoms with van der Waals surface area (Å²) in [5.41, 5.74) is 0.919. The second-order valence-electron chi connectivity index (χ2n) is 10.0. The molecule has 34 heavy (non-hydrogen) atoms. The third-order valence-electron chi connectivity index (χ3n) is 7.31. The maximum atomic E-state index is 13.3. The van der Waals surface area contributed by atoms with Crippen LogP contribution in [-0.2, 0) is 20.4 Å². The smallest absolute Gasteiger partial charge is 0.252 e. The number of aliphatic hydroxyl groups is 2. The van der Waals surface area contributed by atoms with Gasteiger partial charge in [0.2, 0.25) is 0 Å². The van der Waals surface area contributed by atoms with E-state index in [0.717, 1.165) is 11.3 Å². The molecule has 8 nitrogen and oxygen atoms in total. The van der Waals surface area contributed by atoms with E-state index in [1.165, 1.54) is 11.3 Å². The van der Waals surface area contributed by atoms with E-state index in [1.807, 2.05) is 24.3 Å². The highest BCUT2D eigenvalue weighted by Gasteiger charge is 2.46. The first-order chi connectivity index (χ1) is 16.1. The molecular weight excluding hydrogens is 474 g/mol. The van der Waals surface area contributed by atoms with Gasteiger partial charge in [-0.3, -0.25) is 4.90 Å². The maximum absolute atomic E-state index is 13.3. The Kier molecular flexibility index (Phi) is 6.52. The molecule has 4 atom stereocenters. The van der Waals surface area contributed by atoms with Gasteiger partial charge in [0.25, 0.3) is 10.0 Å². The standard InChI is InChI=1S/C24H33N3O5S2/c1-24(2,29)17-5-7-18(8-6-17)26-10-9-25(34(30,31)23-4-3-11-33-23)13-20(26)14-27-19-12-22(28)21(27)16-32-15-19/h3-8,11,19-22,28-29H,9-10,12-16H2,1-2H3/t19-,20-,21-,22+/m1/s1. The normalized spacial score (nSPS) is 29.0. The van der Waals surface area contributed by atoms with Crippen LogP contribution in [0.5, 0.6) is 0 Å². The third kappa shape index (κ3) is 4.53. The molecule has 0 unspecified atom stereocenters. The first-order valence-corrected chi connectivity index (χ1v) is 14.1. The number of nitrogens with zero attached hydrogens (tertiary/aromatic N) is 3. The number of morpholine rings is 1. The van der Waals surface area contributed by atoms with Crippen molar-refractivity contribution in [3.63, 3.8) is 0 Å². The van der Waals surface area contributed by atoms with E-state index < -0.39 is 21.7 Å². The fraction of sp³-hybridized carbons (Fsp3) is 0.583. The highest BCUT2D eigenvalue weighted by atomic mass is 32.2. The number of anilines is 1. The van der Waals surface area contributed by atoms with Crippen LogP contribution in [-0.4, -0.2) is 91.5 Å². The number of ether oxygens (including phenoxy) is 1. The van der Waals surface area contributed by atoms with Crippen molar-refractivity contribution in [3.05, 3.63) is 47.3 Å². The zero-order valence-corrected chi connectivity index (χ0v) is 21.2. The highest BCUT2D eigenvalue weighted by Crippen LogP contribution is 2.33. The van der Waals surface area contributed by atoms with E-state index >= 15 is 0 Å². The molecule has 2 aromatic rings. The molecule has 5 rings (SSSR count). The van der Waals surface area contributed by atoms with Gasteiger partial charge in [0, 0.05) is 37.9 Å². The first-order valence-electron chi connectivity index (χ1n) is 11.8. The number of fused-ring (bicyclic) bond motifs is 2. The Balaban J connectivity index is 1.42. The van der Waals surface area contributed by atoms with E-state index in [-0.39, 0.29) is 18.1 Å². The predicted octanol–water partition coefficient (Wildman–Crippen LogP) is 1.69. The number of piperazine rings is 1. The summed E-state index contributed by atoms with van der Waals surface area (Å²) < 4.78 is 34.2. The number of thiophene rings is 1. The zero-order valence-electron chi connectivity index (χ0n) is 19.6. The molecule has 1 aromatic heterocycles. The lowest BCUT2D eigenvalue weighted by atomic mass is 9.98. The molecular formula is C24H33N3O5S2. The van der Waals surface area contributed by atoms with Gasteiger partial charge in [-0.2, -0.15) is 4.31 Å². The molecule has 3 aliphatic rings. The number of aliphatic hydroxyl groups excluding tert-OH is 1. The van der Waals surface area contributed by atoms with Crippen molar-refractivity contribution < 1.29 is 23.4 Å². The van der Waals surface area contributed by atoms with E-state index in [2.05, 4.69) is 9.80 Å². The second-order valence-corrected chi connectivity index (χ2v) is 13.1. The summed E-state index contributed by atoms with van der Waals surface area (Å²) in [6.07, 6.45) is 0.274. The molecule has 4 heterocycles. The average molecular weight is 508 g/mol. The third-order valence-corrected chi connectivity index (χ3v) is 10.6. The number of sulfonamides is 1. The van der Waals surface area contributed by atoms with Crippen molar-refractivity contribution >= 4 is 27.0 Å². The lowest BCUT2D eigenvalue weighted by Crippen LogP contribution is -2.61. The molecule has 0 spiro atoms. The number of benzene rings is 1. The van der Waals surface area contributed by atoms with Gasteiger partial charge in [-0.05, 0) is 49.4 Å². The molecule has 3 saturated heterocycles. The molecule has 0 amide bonds. The quantitative estimate of drug-likeness (QED) is 0.615. The average Bonchev–Trinajstić information content (AvgIpc) is 3.39. The van der Waals surface area contributed by atoms with Crippen molar-refractivity contribution in [2.45, 2.75) is 54.3 Å². The minimum absolute atomic E-state index is 0.0533. The van der Waals surface area contributed by atoms with Gasteiger partial charge in [0.1, 0.15) is 4.21 Å². The van der Waals surface area contributed by atoms with Crippen LogP contribution in [0.25, 0.3) is 0 Å². The minimum Gasteiger partial charge on any atom is -0.391 e. The molecule has 10 heteroatoms. The number of hydrogen-bond acceptors (Lipinski definition) is 8. The van der Waals surface area contributed by atoms with Crippen LogP contribution < -0.4 is 4.90 Å². The summed E-state index contributed by atoms with van der Waals surface area (Å²) in [5.74, 6) is 0. The Morgan fingerprint density at radius 3 is 2.56 bits per heavy atom. The first kappa shape index (κ1) is 24.2. The van der Waals surface area contributed by atoms with Crippen molar-refractivity contribution in [2.24, 2.45) is 0 Å². The summed E-state index contributed by atoms with van der Waals surface area (Å²) in [5, 5.41) is 22.7. The van der Waals surface area contributed by atoms with E-state index in [4.69, 9.17) is 4.74 Å². The van der Waals surface area contributed by atoms with Crippen molar-refractivity contribution in [3.8, 4) is 0 Å². The Bertz CT molecular complexity index is 1080. The zero-order chi connectivity index (χ0) is 24.1. The summed E-state index contributed by atoms with van der Waals surface area (Å²) in [6, 6.07) is 11.3. The Morgan fingerprint density at radius 1 is 1.15 bits per heavy atom. The van der Waals surface area contributed by atoms with Crippen molar-refractivity contribution in [1.82, 2.24) is 9.21 Å². The minimum atomic E-state index is -3.55. The van der Waals surface area contributed by atoms with Crippen molar-refractivity contribution in [1.29, 1.82) is 0 Å². The lowest BCUT2D eigenvalue weighted by Gasteiger charge is -2.46. The van der Waals surface area contributed by atoms with Crippen LogP contribution in [0.1, 0.15) is 25.8 Å². The predicted molar refractivity (Wildman–Crippen MR) is 132 cm³/mol. The SMILES string of the molecule is CC(C)(O)c1ccc(N2CCN(S(=O)(=O)c3cccs3)C[C@@H]2CN2[C@H]3COC[C@@H]2[C@@H](O)C3)cc1. The fourth-order valence-corrected chi connectivity index (χ4v) is 8.04. The maximum Gasteiger partial charge on any atom is 0.252 e. The van der Waals surface area contributed by atoms with Crippen LogP contribution in [0, 0.1) is 0 Å². The second kappa shape index (κ2) is 9.16. The largest absolute Gasteiger partial charge is 0.391 e. The molecule has 3 aliphatic heterocycles. The van der Waals surface area contributed by atoms with Crippen LogP contribution in [0.4, 0.5) is 5.69 Å². The molecule has 2 bridgehead atoms. The van der Waals surface area contributed by atoms with Gasteiger partial charge in [-0.1, -0.05) is 18.2 Å². The van der Waals surface area contributed by atoms with Gasteiger partial charge < -0.3 is 19.8 Å². The van der Waals surface area contributed by atoms with Crippen LogP contribution >= 0.6 is 11.3 Å². The summed E-state index contributed by atoms with van der Waals surface area (Å²) in [7, 11) is -3.55. The molecule has 1 aromatic carbocycles. The number of hydrogen-bond donors (Lipinski definition) is 2. The van der Waals surface area contributed by atoms with Gasteiger partial charge in [0.15, 0.2) is 0 Å². The summed E-state index contributed by atoms with van der Waals surface area (Å²) in [4.78, 5) is 4.59. The van der Waals surface area contributed by atoms with Crippen LogP contribution in [0.15, 0.2) is 46.0 Å². The molecule has 0 aliphatic carbocycles.